The highest BCUT2D eigenvalue weighted by Gasteiger charge is 2.45. The van der Waals surface area contributed by atoms with Gasteiger partial charge in [-0.05, 0) is 113 Å². The fourth-order valence-corrected chi connectivity index (χ4v) is 8.53. The summed E-state index contributed by atoms with van der Waals surface area (Å²) in [7, 11) is 4.04. The van der Waals surface area contributed by atoms with Crippen LogP contribution < -0.4 is 0 Å². The van der Waals surface area contributed by atoms with Gasteiger partial charge in [-0.3, -0.25) is 9.48 Å². The molecule has 1 amide bonds. The number of likely N-dealkylation sites (tertiary alicyclic amines) is 1. The summed E-state index contributed by atoms with van der Waals surface area (Å²) in [5.74, 6) is -0.634. The molecule has 0 bridgehead atoms. The summed E-state index contributed by atoms with van der Waals surface area (Å²) in [5.41, 5.74) is 3.44. The van der Waals surface area contributed by atoms with Crippen molar-refractivity contribution in [3.8, 4) is 0 Å². The Kier molecular flexibility index (Phi) is 9.57. The van der Waals surface area contributed by atoms with Gasteiger partial charge in [-0.25, -0.2) is 13.8 Å². The number of hydrogen-bond donors (Lipinski definition) is 0. The molecular formula is C36H46ClF2N5O2. The Balaban J connectivity index is 1.22. The lowest BCUT2D eigenvalue weighted by atomic mass is 9.75. The van der Waals surface area contributed by atoms with Crippen molar-refractivity contribution in [3.63, 3.8) is 0 Å². The number of nitrogens with zero attached hydrogens (tertiary/aromatic N) is 5. The van der Waals surface area contributed by atoms with Crippen molar-refractivity contribution >= 4 is 17.5 Å². The first-order chi connectivity index (χ1) is 22.0. The van der Waals surface area contributed by atoms with Crippen LogP contribution in [0, 0.1) is 24.5 Å². The van der Waals surface area contributed by atoms with E-state index in [1.807, 2.05) is 23.6 Å². The van der Waals surface area contributed by atoms with Gasteiger partial charge in [-0.2, -0.15) is 5.10 Å². The van der Waals surface area contributed by atoms with E-state index in [2.05, 4.69) is 48.0 Å². The zero-order valence-electron chi connectivity index (χ0n) is 27.6. The lowest BCUT2D eigenvalue weighted by molar-refractivity contribution is -0.137. The summed E-state index contributed by atoms with van der Waals surface area (Å²) < 4.78 is 36.5. The van der Waals surface area contributed by atoms with Crippen LogP contribution in [-0.4, -0.2) is 75.9 Å². The smallest absolute Gasteiger partial charge is 0.226 e. The number of ether oxygens (including phenoxy) is 1. The van der Waals surface area contributed by atoms with Crippen LogP contribution in [0.25, 0.3) is 0 Å². The zero-order chi connectivity index (χ0) is 32.7. The van der Waals surface area contributed by atoms with E-state index >= 15 is 4.39 Å². The number of amides is 1. The van der Waals surface area contributed by atoms with Crippen LogP contribution in [0.1, 0.15) is 92.3 Å². The number of benzene rings is 2. The summed E-state index contributed by atoms with van der Waals surface area (Å²) in [6.45, 7) is 9.08. The predicted octanol–water partition coefficient (Wildman–Crippen LogP) is 6.76. The Morgan fingerprint density at radius 3 is 2.39 bits per heavy atom. The molecule has 2 aliphatic heterocycles. The molecule has 1 unspecified atom stereocenters. The van der Waals surface area contributed by atoms with Crippen LogP contribution in [0.4, 0.5) is 8.78 Å². The molecule has 2 aromatic carbocycles. The van der Waals surface area contributed by atoms with Crippen LogP contribution in [0.3, 0.4) is 0 Å². The molecule has 10 heteroatoms. The SMILES string of the molecule is Cc1cc(C(C)(C)c2ncnn2C)c(C2CCN(C(=O)[C@@H]3CC(N(C)C4CCOCC4)C[C@H]3c3ccc(F)cc3F)CC2)cc1Cl. The van der Waals surface area contributed by atoms with Crippen molar-refractivity contribution in [3.05, 3.63) is 81.4 Å². The normalized spacial score (nSPS) is 23.4. The van der Waals surface area contributed by atoms with Gasteiger partial charge < -0.3 is 14.5 Å². The largest absolute Gasteiger partial charge is 0.381 e. The molecule has 0 spiro atoms. The first-order valence-corrected chi connectivity index (χ1v) is 17.0. The van der Waals surface area contributed by atoms with Crippen LogP contribution in [-0.2, 0) is 22.0 Å². The molecule has 3 atom stereocenters. The highest BCUT2D eigenvalue weighted by molar-refractivity contribution is 6.31. The van der Waals surface area contributed by atoms with Gasteiger partial charge in [-0.1, -0.05) is 23.7 Å². The third kappa shape index (κ3) is 6.35. The zero-order valence-corrected chi connectivity index (χ0v) is 28.4. The van der Waals surface area contributed by atoms with E-state index in [-0.39, 0.29) is 29.7 Å². The molecule has 46 heavy (non-hydrogen) atoms. The van der Waals surface area contributed by atoms with Crippen molar-refractivity contribution in [2.24, 2.45) is 13.0 Å². The number of carbonyl (C=O) groups is 1. The fraction of sp³-hybridized carbons (Fsp3) is 0.583. The molecule has 1 aromatic heterocycles. The molecule has 0 radical (unpaired) electrons. The molecule has 3 aromatic rings. The Morgan fingerprint density at radius 2 is 1.74 bits per heavy atom. The molecule has 1 aliphatic carbocycles. The Morgan fingerprint density at radius 1 is 1.02 bits per heavy atom. The van der Waals surface area contributed by atoms with Gasteiger partial charge >= 0.3 is 0 Å². The minimum Gasteiger partial charge on any atom is -0.381 e. The van der Waals surface area contributed by atoms with E-state index in [4.69, 9.17) is 16.3 Å². The minimum atomic E-state index is -0.599. The predicted molar refractivity (Wildman–Crippen MR) is 175 cm³/mol. The maximum absolute atomic E-state index is 15.2. The molecule has 2 saturated heterocycles. The van der Waals surface area contributed by atoms with Gasteiger partial charge in [0.2, 0.25) is 5.91 Å². The van der Waals surface area contributed by atoms with E-state index in [1.54, 1.807) is 12.4 Å². The van der Waals surface area contributed by atoms with Crippen molar-refractivity contribution in [2.75, 3.05) is 33.4 Å². The molecular weight excluding hydrogens is 608 g/mol. The lowest BCUT2D eigenvalue weighted by Crippen LogP contribution is -2.44. The number of aryl methyl sites for hydroxylation is 2. The van der Waals surface area contributed by atoms with Gasteiger partial charge in [-0.15, -0.1) is 0 Å². The second-order valence-electron chi connectivity index (χ2n) is 14.1. The topological polar surface area (TPSA) is 63.5 Å². The highest BCUT2D eigenvalue weighted by Crippen LogP contribution is 2.46. The molecule has 3 aliphatic rings. The number of aromatic nitrogens is 3. The first kappa shape index (κ1) is 33.0. The quantitative estimate of drug-likeness (QED) is 0.282. The molecule has 3 fully saturated rings. The number of carbonyl (C=O) groups excluding carboxylic acids is 1. The van der Waals surface area contributed by atoms with E-state index in [1.165, 1.54) is 17.2 Å². The molecule has 248 valence electrons. The Bertz CT molecular complexity index is 1560. The second kappa shape index (κ2) is 13.3. The number of piperidine rings is 1. The lowest BCUT2D eigenvalue weighted by Gasteiger charge is -2.37. The summed E-state index contributed by atoms with van der Waals surface area (Å²) in [4.78, 5) is 23.3. The van der Waals surface area contributed by atoms with E-state index < -0.39 is 17.0 Å². The van der Waals surface area contributed by atoms with Gasteiger partial charge in [0, 0.05) is 67.9 Å². The van der Waals surface area contributed by atoms with Gasteiger partial charge in [0.1, 0.15) is 23.8 Å². The molecule has 6 rings (SSSR count). The van der Waals surface area contributed by atoms with Crippen molar-refractivity contribution in [1.29, 1.82) is 0 Å². The standard InChI is InChI=1S/C36H46ClF2N5O2/c1-22-16-31(36(2,3)35-40-21-41-43(35)5)28(20-32(22)37)23-8-12-44(13-9-23)34(45)30-19-26(42(4)25-10-14-46-15-11-25)18-29(30)27-7-6-24(38)17-33(27)39/h6-7,16-17,20-21,23,25-26,29-30H,8-15,18-19H2,1-5H3/t26?,29-,30+/m0/s1. The summed E-state index contributed by atoms with van der Waals surface area (Å²) in [6.07, 6.45) is 6.44. The third-order valence-electron chi connectivity index (χ3n) is 11.1. The van der Waals surface area contributed by atoms with E-state index in [9.17, 15) is 9.18 Å². The highest BCUT2D eigenvalue weighted by atomic mass is 35.5. The Hall–Kier alpha value is -2.88. The van der Waals surface area contributed by atoms with Crippen molar-refractivity contribution < 1.29 is 18.3 Å². The third-order valence-corrected chi connectivity index (χ3v) is 11.5. The maximum Gasteiger partial charge on any atom is 0.226 e. The first-order valence-electron chi connectivity index (χ1n) is 16.6. The molecule has 7 nitrogen and oxygen atoms in total. The van der Waals surface area contributed by atoms with Gasteiger partial charge in [0.15, 0.2) is 0 Å². The van der Waals surface area contributed by atoms with Crippen LogP contribution >= 0.6 is 11.6 Å². The van der Waals surface area contributed by atoms with Crippen LogP contribution in [0.5, 0.6) is 0 Å². The van der Waals surface area contributed by atoms with Crippen LogP contribution in [0.2, 0.25) is 5.02 Å². The number of rotatable bonds is 7. The summed E-state index contributed by atoms with van der Waals surface area (Å²) in [5, 5.41) is 5.06. The summed E-state index contributed by atoms with van der Waals surface area (Å²) >= 11 is 6.71. The average molecular weight is 654 g/mol. The van der Waals surface area contributed by atoms with Gasteiger partial charge in [0.25, 0.3) is 0 Å². The molecule has 3 heterocycles. The van der Waals surface area contributed by atoms with E-state index in [0.29, 0.717) is 37.5 Å². The summed E-state index contributed by atoms with van der Waals surface area (Å²) in [6, 6.07) is 8.61. The van der Waals surface area contributed by atoms with Gasteiger partial charge in [0.05, 0.1) is 0 Å². The van der Waals surface area contributed by atoms with Crippen molar-refractivity contribution in [2.45, 2.75) is 88.6 Å². The van der Waals surface area contributed by atoms with Crippen molar-refractivity contribution in [1.82, 2.24) is 24.6 Å². The maximum atomic E-state index is 15.2. The monoisotopic (exact) mass is 653 g/mol. The number of halogens is 3. The fourth-order valence-electron chi connectivity index (χ4n) is 8.36. The second-order valence-corrected chi connectivity index (χ2v) is 14.5. The average Bonchev–Trinajstić information content (AvgIpc) is 3.69. The Labute approximate surface area is 276 Å². The van der Waals surface area contributed by atoms with E-state index in [0.717, 1.165) is 61.4 Å². The van der Waals surface area contributed by atoms with Crippen LogP contribution in [0.15, 0.2) is 36.7 Å². The molecule has 1 saturated carbocycles. The number of hydrogen-bond acceptors (Lipinski definition) is 5. The minimum absolute atomic E-state index is 0.0802. The molecule has 0 N–H and O–H groups in total.